The van der Waals surface area contributed by atoms with Gasteiger partial charge in [-0.3, -0.25) is 0 Å². The van der Waals surface area contributed by atoms with Gasteiger partial charge >= 0.3 is 0 Å². The first-order chi connectivity index (χ1) is 14.4. The van der Waals surface area contributed by atoms with Crippen molar-refractivity contribution >= 4 is 0 Å². The first kappa shape index (κ1) is 24.0. The second-order valence-electron chi connectivity index (χ2n) is 13.6. The van der Waals surface area contributed by atoms with E-state index in [1.165, 1.54) is 44.9 Å². The Morgan fingerprint density at radius 1 is 0.903 bits per heavy atom. The first-order valence-electron chi connectivity index (χ1n) is 13.5. The average Bonchev–Trinajstić information content (AvgIpc) is 3.04. The van der Waals surface area contributed by atoms with Crippen LogP contribution in [0.3, 0.4) is 0 Å². The highest BCUT2D eigenvalue weighted by atomic mass is 16.3. The summed E-state index contributed by atoms with van der Waals surface area (Å²) in [5, 5.41) is 30.5. The molecule has 4 aliphatic carbocycles. The fraction of sp³-hybridized carbons (Fsp3) is 1.00. The Kier molecular flexibility index (Phi) is 6.41. The lowest BCUT2D eigenvalue weighted by atomic mass is 9.43. The molecule has 0 amide bonds. The van der Waals surface area contributed by atoms with E-state index in [4.69, 9.17) is 0 Å². The van der Waals surface area contributed by atoms with Crippen LogP contribution in [0, 0.1) is 46.3 Å². The van der Waals surface area contributed by atoms with Crippen molar-refractivity contribution in [2.45, 2.75) is 123 Å². The van der Waals surface area contributed by atoms with Gasteiger partial charge in [0.05, 0.1) is 11.2 Å². The van der Waals surface area contributed by atoms with E-state index in [9.17, 15) is 15.3 Å². The monoisotopic (exact) mass is 434 g/mol. The van der Waals surface area contributed by atoms with Crippen molar-refractivity contribution in [2.24, 2.45) is 46.3 Å². The van der Waals surface area contributed by atoms with Gasteiger partial charge in [0.15, 0.2) is 0 Å². The van der Waals surface area contributed by atoms with E-state index >= 15 is 0 Å². The molecule has 4 fully saturated rings. The fourth-order valence-corrected chi connectivity index (χ4v) is 9.51. The molecule has 31 heavy (non-hydrogen) atoms. The van der Waals surface area contributed by atoms with Gasteiger partial charge in [-0.1, -0.05) is 20.8 Å². The molecule has 0 unspecified atom stereocenters. The molecule has 0 aromatic heterocycles. The van der Waals surface area contributed by atoms with Crippen LogP contribution in [0.5, 0.6) is 0 Å². The molecule has 3 heteroatoms. The lowest BCUT2D eigenvalue weighted by Gasteiger charge is -2.62. The van der Waals surface area contributed by atoms with Crippen LogP contribution in [0.15, 0.2) is 0 Å². The summed E-state index contributed by atoms with van der Waals surface area (Å²) in [6.07, 6.45) is 13.8. The van der Waals surface area contributed by atoms with Crippen molar-refractivity contribution in [1.29, 1.82) is 0 Å². The minimum absolute atomic E-state index is 0.0723. The molecule has 4 aliphatic rings. The SMILES string of the molecule is C[C@H](CC[C@](C)(O)CCO)[C@H]1CC[C@H]2[C@@H]3CC[C@H]4C[C@@](C)(O)CC[C@]4(C)[C@H]3CC[C@]12C. The molecule has 3 nitrogen and oxygen atoms in total. The molecular formula is C28H50O3. The number of aliphatic hydroxyl groups is 3. The van der Waals surface area contributed by atoms with E-state index in [0.717, 1.165) is 49.4 Å². The Morgan fingerprint density at radius 2 is 1.61 bits per heavy atom. The molecule has 0 aromatic rings. The van der Waals surface area contributed by atoms with Crippen LogP contribution in [0.4, 0.5) is 0 Å². The molecule has 0 aliphatic heterocycles. The van der Waals surface area contributed by atoms with Crippen molar-refractivity contribution < 1.29 is 15.3 Å². The van der Waals surface area contributed by atoms with E-state index in [2.05, 4.69) is 27.7 Å². The van der Waals surface area contributed by atoms with Crippen molar-refractivity contribution in [3.8, 4) is 0 Å². The van der Waals surface area contributed by atoms with Crippen molar-refractivity contribution in [2.75, 3.05) is 6.61 Å². The van der Waals surface area contributed by atoms with Gasteiger partial charge in [-0.05, 0) is 137 Å². The summed E-state index contributed by atoms with van der Waals surface area (Å²) in [7, 11) is 0. The minimum Gasteiger partial charge on any atom is -0.396 e. The number of hydrogen-bond donors (Lipinski definition) is 3. The highest BCUT2D eigenvalue weighted by molar-refractivity contribution is 5.10. The predicted molar refractivity (Wildman–Crippen MR) is 127 cm³/mol. The molecule has 0 radical (unpaired) electrons. The molecule has 0 spiro atoms. The third-order valence-corrected chi connectivity index (χ3v) is 11.5. The molecule has 0 aromatic carbocycles. The zero-order valence-electron chi connectivity index (χ0n) is 21.0. The van der Waals surface area contributed by atoms with Crippen LogP contribution in [-0.2, 0) is 0 Å². The zero-order chi connectivity index (χ0) is 22.7. The summed E-state index contributed by atoms with van der Waals surface area (Å²) in [6.45, 7) is 11.7. The third-order valence-electron chi connectivity index (χ3n) is 11.5. The van der Waals surface area contributed by atoms with Crippen LogP contribution in [0.2, 0.25) is 0 Å². The van der Waals surface area contributed by atoms with Gasteiger partial charge in [0.25, 0.3) is 0 Å². The van der Waals surface area contributed by atoms with E-state index in [1.807, 2.05) is 6.92 Å². The van der Waals surface area contributed by atoms with Crippen molar-refractivity contribution in [3.05, 3.63) is 0 Å². The van der Waals surface area contributed by atoms with Gasteiger partial charge in [-0.15, -0.1) is 0 Å². The predicted octanol–water partition coefficient (Wildman–Crippen LogP) is 5.95. The summed E-state index contributed by atoms with van der Waals surface area (Å²) in [5.74, 6) is 4.76. The summed E-state index contributed by atoms with van der Waals surface area (Å²) in [6, 6.07) is 0. The highest BCUT2D eigenvalue weighted by Crippen LogP contribution is 2.68. The van der Waals surface area contributed by atoms with Gasteiger partial charge in [-0.2, -0.15) is 0 Å². The standard InChI is InChI=1S/C28H50O3/c1-19(10-12-25(2,30)16-17-29)22-8-9-23-21-7-6-20-18-26(3,31)14-15-27(20,4)24(21)11-13-28(22,23)5/h19-24,29-31H,6-18H2,1-5H3/t19-,20+,21+,22-,23+,24+,25+,26+,27+,28-/m1/s1. The third kappa shape index (κ3) is 4.26. The normalized spacial score (nSPS) is 50.1. The maximum absolute atomic E-state index is 10.7. The van der Waals surface area contributed by atoms with Gasteiger partial charge in [0.1, 0.15) is 0 Å². The zero-order valence-corrected chi connectivity index (χ0v) is 21.0. The summed E-state index contributed by atoms with van der Waals surface area (Å²) >= 11 is 0. The summed E-state index contributed by atoms with van der Waals surface area (Å²) < 4.78 is 0. The maximum atomic E-state index is 10.7. The highest BCUT2D eigenvalue weighted by Gasteiger charge is 2.61. The maximum Gasteiger partial charge on any atom is 0.0641 e. The van der Waals surface area contributed by atoms with Crippen LogP contribution < -0.4 is 0 Å². The van der Waals surface area contributed by atoms with Gasteiger partial charge in [0, 0.05) is 6.61 Å². The van der Waals surface area contributed by atoms with Crippen molar-refractivity contribution in [3.63, 3.8) is 0 Å². The molecule has 0 heterocycles. The van der Waals surface area contributed by atoms with Crippen LogP contribution in [-0.4, -0.2) is 33.1 Å². The molecule has 0 saturated heterocycles. The number of rotatable bonds is 6. The second kappa shape index (κ2) is 8.27. The largest absolute Gasteiger partial charge is 0.396 e. The van der Waals surface area contributed by atoms with Gasteiger partial charge in [-0.25, -0.2) is 0 Å². The van der Waals surface area contributed by atoms with E-state index < -0.39 is 11.2 Å². The topological polar surface area (TPSA) is 60.7 Å². The summed E-state index contributed by atoms with van der Waals surface area (Å²) in [4.78, 5) is 0. The quantitative estimate of drug-likeness (QED) is 0.484. The Labute approximate surface area is 191 Å². The lowest BCUT2D eigenvalue weighted by molar-refractivity contribution is -0.148. The molecule has 180 valence electrons. The molecule has 0 bridgehead atoms. The van der Waals surface area contributed by atoms with Gasteiger partial charge < -0.3 is 15.3 Å². The average molecular weight is 435 g/mol. The van der Waals surface area contributed by atoms with E-state index in [0.29, 0.717) is 29.1 Å². The molecule has 10 atom stereocenters. The molecule has 4 rings (SSSR count). The minimum atomic E-state index is -0.727. The van der Waals surface area contributed by atoms with Crippen molar-refractivity contribution in [1.82, 2.24) is 0 Å². The molecule has 3 N–H and O–H groups in total. The molecular weight excluding hydrogens is 384 g/mol. The number of fused-ring (bicyclic) bond motifs is 5. The summed E-state index contributed by atoms with van der Waals surface area (Å²) in [5.41, 5.74) is -0.258. The first-order valence-corrected chi connectivity index (χ1v) is 13.5. The Morgan fingerprint density at radius 3 is 2.32 bits per heavy atom. The molecule has 4 saturated carbocycles. The Balaban J connectivity index is 1.45. The van der Waals surface area contributed by atoms with E-state index in [1.54, 1.807) is 0 Å². The second-order valence-corrected chi connectivity index (χ2v) is 13.6. The lowest BCUT2D eigenvalue weighted by Crippen LogP contribution is -2.55. The van der Waals surface area contributed by atoms with Crippen LogP contribution in [0.25, 0.3) is 0 Å². The van der Waals surface area contributed by atoms with Crippen LogP contribution in [0.1, 0.15) is 112 Å². The number of aliphatic hydroxyl groups excluding tert-OH is 1. The fourth-order valence-electron chi connectivity index (χ4n) is 9.51. The van der Waals surface area contributed by atoms with E-state index in [-0.39, 0.29) is 6.61 Å². The Hall–Kier alpha value is -0.120. The smallest absolute Gasteiger partial charge is 0.0641 e. The van der Waals surface area contributed by atoms with Gasteiger partial charge in [0.2, 0.25) is 0 Å². The number of hydrogen-bond acceptors (Lipinski definition) is 3. The van der Waals surface area contributed by atoms with Crippen LogP contribution >= 0.6 is 0 Å². The Bertz CT molecular complexity index is 642.